The zero-order valence-corrected chi connectivity index (χ0v) is 9.00. The second-order valence-corrected chi connectivity index (χ2v) is 4.82. The topological polar surface area (TPSA) is 0 Å². The molecule has 0 saturated heterocycles. The first-order chi connectivity index (χ1) is 5.61. The van der Waals surface area contributed by atoms with Gasteiger partial charge in [0.2, 0.25) is 6.43 Å². The van der Waals surface area contributed by atoms with Gasteiger partial charge in [-0.05, 0) is 12.3 Å². The SMILES string of the molecule is CC(F)C(C)(C)C(C)(C)CC(F)F. The van der Waals surface area contributed by atoms with Crippen LogP contribution in [0.5, 0.6) is 0 Å². The van der Waals surface area contributed by atoms with Gasteiger partial charge in [0.05, 0.1) is 0 Å². The molecule has 80 valence electrons. The molecule has 0 fully saturated rings. The van der Waals surface area contributed by atoms with Crippen molar-refractivity contribution in [2.24, 2.45) is 10.8 Å². The smallest absolute Gasteiger partial charge is 0.239 e. The predicted octanol–water partition coefficient (Wildman–Crippen LogP) is 4.05. The molecule has 0 amide bonds. The van der Waals surface area contributed by atoms with Crippen molar-refractivity contribution in [3.8, 4) is 0 Å². The Kier molecular flexibility index (Phi) is 3.82. The molecular formula is C10H19F3. The minimum absolute atomic E-state index is 0.256. The summed E-state index contributed by atoms with van der Waals surface area (Å²) in [5.41, 5.74) is -1.40. The normalized spacial score (nSPS) is 16.4. The summed E-state index contributed by atoms with van der Waals surface area (Å²) in [6.45, 7) is 8.19. The van der Waals surface area contributed by atoms with Gasteiger partial charge in [-0.1, -0.05) is 27.7 Å². The molecule has 0 radical (unpaired) electrons. The van der Waals surface area contributed by atoms with Crippen molar-refractivity contribution >= 4 is 0 Å². The zero-order valence-electron chi connectivity index (χ0n) is 9.00. The third-order valence-electron chi connectivity index (χ3n) is 3.40. The van der Waals surface area contributed by atoms with Crippen LogP contribution in [-0.4, -0.2) is 12.6 Å². The standard InChI is InChI=1S/C10H19F3/c1-7(11)10(4,5)9(2,3)6-8(12)13/h7-8H,6H2,1-5H3. The van der Waals surface area contributed by atoms with Crippen molar-refractivity contribution in [2.75, 3.05) is 0 Å². The highest BCUT2D eigenvalue weighted by molar-refractivity contribution is 4.90. The van der Waals surface area contributed by atoms with Gasteiger partial charge in [-0.25, -0.2) is 13.2 Å². The van der Waals surface area contributed by atoms with Crippen molar-refractivity contribution in [1.29, 1.82) is 0 Å². The maximum absolute atomic E-state index is 13.2. The summed E-state index contributed by atoms with van der Waals surface area (Å²) in [4.78, 5) is 0. The van der Waals surface area contributed by atoms with Crippen LogP contribution in [0.2, 0.25) is 0 Å². The van der Waals surface area contributed by atoms with Crippen LogP contribution in [-0.2, 0) is 0 Å². The molecule has 3 heteroatoms. The molecule has 0 aliphatic rings. The van der Waals surface area contributed by atoms with Crippen molar-refractivity contribution in [2.45, 2.75) is 53.6 Å². The maximum atomic E-state index is 13.2. The Bertz CT molecular complexity index is 160. The summed E-state index contributed by atoms with van der Waals surface area (Å²) in [6, 6.07) is 0. The highest BCUT2D eigenvalue weighted by atomic mass is 19.3. The molecule has 0 aromatic rings. The first-order valence-corrected chi connectivity index (χ1v) is 4.53. The molecule has 0 N–H and O–H groups in total. The molecule has 0 aromatic heterocycles. The molecule has 1 unspecified atom stereocenters. The summed E-state index contributed by atoms with van der Waals surface area (Å²) in [5, 5.41) is 0. The van der Waals surface area contributed by atoms with Gasteiger partial charge < -0.3 is 0 Å². The predicted molar refractivity (Wildman–Crippen MR) is 48.8 cm³/mol. The van der Waals surface area contributed by atoms with Crippen LogP contribution in [0.15, 0.2) is 0 Å². The average Bonchev–Trinajstić information content (AvgIpc) is 1.83. The molecule has 0 bridgehead atoms. The Balaban J connectivity index is 4.60. The van der Waals surface area contributed by atoms with Crippen LogP contribution < -0.4 is 0 Å². The number of halogens is 3. The Hall–Kier alpha value is -0.210. The van der Waals surface area contributed by atoms with Gasteiger partial charge in [-0.3, -0.25) is 0 Å². The van der Waals surface area contributed by atoms with E-state index in [1.807, 2.05) is 0 Å². The Labute approximate surface area is 78.5 Å². The third kappa shape index (κ3) is 2.89. The van der Waals surface area contributed by atoms with Gasteiger partial charge in [0.1, 0.15) is 6.17 Å². The Morgan fingerprint density at radius 2 is 1.38 bits per heavy atom. The summed E-state index contributed by atoms with van der Waals surface area (Å²) >= 11 is 0. The fourth-order valence-electron chi connectivity index (χ4n) is 1.19. The van der Waals surface area contributed by atoms with Crippen molar-refractivity contribution < 1.29 is 13.2 Å². The molecule has 0 aromatic carbocycles. The highest BCUT2D eigenvalue weighted by Crippen LogP contribution is 2.46. The third-order valence-corrected chi connectivity index (χ3v) is 3.40. The van der Waals surface area contributed by atoms with Crippen LogP contribution in [0.3, 0.4) is 0 Å². The molecule has 0 nitrogen and oxygen atoms in total. The summed E-state index contributed by atoms with van der Waals surface area (Å²) in [7, 11) is 0. The van der Waals surface area contributed by atoms with Crippen LogP contribution in [0.1, 0.15) is 41.0 Å². The fraction of sp³-hybridized carbons (Fsp3) is 1.00. The van der Waals surface area contributed by atoms with E-state index in [1.165, 1.54) is 6.92 Å². The molecular weight excluding hydrogens is 177 g/mol. The van der Waals surface area contributed by atoms with Gasteiger partial charge >= 0.3 is 0 Å². The summed E-state index contributed by atoms with van der Waals surface area (Å²) in [5.74, 6) is 0. The molecule has 0 spiro atoms. The van der Waals surface area contributed by atoms with Gasteiger partial charge in [-0.15, -0.1) is 0 Å². The first kappa shape index (κ1) is 12.8. The van der Waals surface area contributed by atoms with Crippen LogP contribution >= 0.6 is 0 Å². The van der Waals surface area contributed by atoms with E-state index in [0.29, 0.717) is 0 Å². The monoisotopic (exact) mass is 196 g/mol. The minimum Gasteiger partial charge on any atom is -0.247 e. The van der Waals surface area contributed by atoms with Crippen molar-refractivity contribution in [1.82, 2.24) is 0 Å². The lowest BCUT2D eigenvalue weighted by molar-refractivity contribution is -0.0237. The van der Waals surface area contributed by atoms with E-state index < -0.39 is 23.4 Å². The lowest BCUT2D eigenvalue weighted by atomic mass is 9.64. The Morgan fingerprint density at radius 3 is 1.62 bits per heavy atom. The average molecular weight is 196 g/mol. The molecule has 0 saturated carbocycles. The van der Waals surface area contributed by atoms with Gasteiger partial charge in [0, 0.05) is 11.8 Å². The van der Waals surface area contributed by atoms with Gasteiger partial charge in [-0.2, -0.15) is 0 Å². The highest BCUT2D eigenvalue weighted by Gasteiger charge is 2.42. The lowest BCUT2D eigenvalue weighted by Crippen LogP contribution is -2.40. The first-order valence-electron chi connectivity index (χ1n) is 4.53. The second-order valence-electron chi connectivity index (χ2n) is 4.82. The van der Waals surface area contributed by atoms with Crippen molar-refractivity contribution in [3.05, 3.63) is 0 Å². The van der Waals surface area contributed by atoms with Crippen molar-refractivity contribution in [3.63, 3.8) is 0 Å². The van der Waals surface area contributed by atoms with Crippen LogP contribution in [0, 0.1) is 10.8 Å². The number of alkyl halides is 3. The number of rotatable bonds is 4. The lowest BCUT2D eigenvalue weighted by Gasteiger charge is -2.42. The molecule has 0 rings (SSSR count). The van der Waals surface area contributed by atoms with Crippen LogP contribution in [0.4, 0.5) is 13.2 Å². The number of hydrogen-bond acceptors (Lipinski definition) is 0. The van der Waals surface area contributed by atoms with Gasteiger partial charge in [0.15, 0.2) is 0 Å². The Morgan fingerprint density at radius 1 is 1.00 bits per heavy atom. The molecule has 0 aliphatic carbocycles. The summed E-state index contributed by atoms with van der Waals surface area (Å²) in [6.07, 6.45) is -3.71. The van der Waals surface area contributed by atoms with E-state index in [2.05, 4.69) is 0 Å². The molecule has 13 heavy (non-hydrogen) atoms. The fourth-order valence-corrected chi connectivity index (χ4v) is 1.19. The van der Waals surface area contributed by atoms with E-state index in [4.69, 9.17) is 0 Å². The maximum Gasteiger partial charge on any atom is 0.239 e. The van der Waals surface area contributed by atoms with E-state index in [9.17, 15) is 13.2 Å². The van der Waals surface area contributed by atoms with E-state index in [1.54, 1.807) is 27.7 Å². The molecule has 0 heterocycles. The largest absolute Gasteiger partial charge is 0.247 e. The quantitative estimate of drug-likeness (QED) is 0.636. The summed E-state index contributed by atoms with van der Waals surface area (Å²) < 4.78 is 37.6. The molecule has 1 atom stereocenters. The minimum atomic E-state index is -2.37. The van der Waals surface area contributed by atoms with Gasteiger partial charge in [0.25, 0.3) is 0 Å². The van der Waals surface area contributed by atoms with E-state index in [0.717, 1.165) is 0 Å². The molecule has 0 aliphatic heterocycles. The second kappa shape index (κ2) is 3.89. The zero-order chi connectivity index (χ0) is 10.9. The number of hydrogen-bond donors (Lipinski definition) is 0. The van der Waals surface area contributed by atoms with Crippen LogP contribution in [0.25, 0.3) is 0 Å². The van der Waals surface area contributed by atoms with E-state index >= 15 is 0 Å². The van der Waals surface area contributed by atoms with E-state index in [-0.39, 0.29) is 6.42 Å².